The molecule has 0 aliphatic carbocycles. The highest BCUT2D eigenvalue weighted by molar-refractivity contribution is 5.73. The molecular weight excluding hydrogens is 609 g/mol. The smallest absolute Gasteiger partial charge is 0.161 e. The largest absolute Gasteiger partial charge is 0.490 e. The monoisotopic (exact) mass is 679 g/mol. The second-order valence-corrected chi connectivity index (χ2v) is 14.4. The Morgan fingerprint density at radius 2 is 0.720 bits per heavy atom. The molecule has 2 nitrogen and oxygen atoms in total. The van der Waals surface area contributed by atoms with Crippen molar-refractivity contribution < 1.29 is 9.47 Å². The van der Waals surface area contributed by atoms with Crippen LogP contribution >= 0.6 is 0 Å². The molecule has 3 aromatic rings. The zero-order valence-corrected chi connectivity index (χ0v) is 32.5. The Balaban J connectivity index is 1.49. The van der Waals surface area contributed by atoms with Gasteiger partial charge in [-0.15, -0.1) is 0 Å². The minimum Gasteiger partial charge on any atom is -0.490 e. The lowest BCUT2D eigenvalue weighted by atomic mass is 10.0. The molecule has 50 heavy (non-hydrogen) atoms. The van der Waals surface area contributed by atoms with Gasteiger partial charge in [0.15, 0.2) is 11.5 Å². The Morgan fingerprint density at radius 1 is 0.360 bits per heavy atom. The van der Waals surface area contributed by atoms with Crippen molar-refractivity contribution >= 4 is 24.3 Å². The molecule has 0 spiro atoms. The van der Waals surface area contributed by atoms with E-state index >= 15 is 0 Å². The first-order valence-electron chi connectivity index (χ1n) is 20.5. The Bertz CT molecular complexity index is 1350. The Labute approximate surface area is 307 Å². The van der Waals surface area contributed by atoms with Crippen LogP contribution in [0.5, 0.6) is 11.5 Å². The van der Waals surface area contributed by atoms with E-state index in [0.29, 0.717) is 0 Å². The third kappa shape index (κ3) is 18.1. The lowest BCUT2D eigenvalue weighted by Gasteiger charge is -2.14. The van der Waals surface area contributed by atoms with Gasteiger partial charge in [-0.25, -0.2) is 0 Å². The molecule has 274 valence electrons. The molecule has 3 aromatic carbocycles. The van der Waals surface area contributed by atoms with Gasteiger partial charge in [-0.05, 0) is 72.2 Å². The van der Waals surface area contributed by atoms with E-state index in [4.69, 9.17) is 9.47 Å². The zero-order valence-electron chi connectivity index (χ0n) is 32.5. The van der Waals surface area contributed by atoms with Gasteiger partial charge in [-0.1, -0.05) is 202 Å². The number of ether oxygens (including phenoxy) is 2. The summed E-state index contributed by atoms with van der Waals surface area (Å²) < 4.78 is 12.7. The Morgan fingerprint density at radius 3 is 1.18 bits per heavy atom. The van der Waals surface area contributed by atoms with Crippen molar-refractivity contribution in [3.63, 3.8) is 0 Å². The molecule has 0 atom stereocenters. The molecule has 0 amide bonds. The highest BCUT2D eigenvalue weighted by atomic mass is 16.5. The summed E-state index contributed by atoms with van der Waals surface area (Å²) in [6, 6.07) is 21.8. The van der Waals surface area contributed by atoms with Crippen LogP contribution in [-0.2, 0) is 0 Å². The van der Waals surface area contributed by atoms with Gasteiger partial charge < -0.3 is 9.47 Å². The van der Waals surface area contributed by atoms with E-state index in [1.807, 2.05) is 0 Å². The van der Waals surface area contributed by atoms with Gasteiger partial charge in [-0.3, -0.25) is 0 Å². The minimum atomic E-state index is 0.745. The summed E-state index contributed by atoms with van der Waals surface area (Å²) in [5, 5.41) is 0. The fraction of sp³-hybridized carbons (Fsp3) is 0.542. The number of hydrogen-bond acceptors (Lipinski definition) is 2. The normalized spacial score (nSPS) is 11.6. The Kier molecular flexibility index (Phi) is 21.8. The summed E-state index contributed by atoms with van der Waals surface area (Å²) in [5.41, 5.74) is 7.41. The topological polar surface area (TPSA) is 18.5 Å². The van der Waals surface area contributed by atoms with Crippen LogP contribution in [0.2, 0.25) is 0 Å². The molecule has 0 unspecified atom stereocenters. The molecule has 0 radical (unpaired) electrons. The van der Waals surface area contributed by atoms with Crippen LogP contribution in [0.25, 0.3) is 24.3 Å². The first-order chi connectivity index (χ1) is 24.6. The summed E-state index contributed by atoms with van der Waals surface area (Å²) >= 11 is 0. The van der Waals surface area contributed by atoms with E-state index in [0.717, 1.165) is 43.1 Å². The number of hydrogen-bond donors (Lipinski definition) is 0. The summed E-state index contributed by atoms with van der Waals surface area (Å²) in [5.74, 6) is 1.76. The van der Waals surface area contributed by atoms with Crippen molar-refractivity contribution in [2.24, 2.45) is 0 Å². The van der Waals surface area contributed by atoms with Gasteiger partial charge >= 0.3 is 0 Å². The van der Waals surface area contributed by atoms with Crippen molar-refractivity contribution in [3.8, 4) is 11.5 Å². The maximum atomic E-state index is 6.38. The lowest BCUT2D eigenvalue weighted by Crippen LogP contribution is -2.03. The van der Waals surface area contributed by atoms with Crippen LogP contribution in [0.1, 0.15) is 176 Å². The highest BCUT2D eigenvalue weighted by Gasteiger charge is 2.07. The molecule has 0 aromatic heterocycles. The lowest BCUT2D eigenvalue weighted by molar-refractivity contribution is 0.258. The predicted octanol–water partition coefficient (Wildman–Crippen LogP) is 15.2. The van der Waals surface area contributed by atoms with Crippen LogP contribution in [0.4, 0.5) is 0 Å². The summed E-state index contributed by atoms with van der Waals surface area (Å²) in [4.78, 5) is 0. The summed E-state index contributed by atoms with van der Waals surface area (Å²) in [7, 11) is 0. The minimum absolute atomic E-state index is 0.745. The fourth-order valence-electron chi connectivity index (χ4n) is 6.38. The first-order valence-corrected chi connectivity index (χ1v) is 20.5. The second kappa shape index (κ2) is 26.5. The predicted molar refractivity (Wildman–Crippen MR) is 221 cm³/mol. The van der Waals surface area contributed by atoms with E-state index in [2.05, 4.69) is 113 Å². The fourth-order valence-corrected chi connectivity index (χ4v) is 6.38. The van der Waals surface area contributed by atoms with Gasteiger partial charge in [-0.2, -0.15) is 0 Å². The third-order valence-electron chi connectivity index (χ3n) is 9.88. The van der Waals surface area contributed by atoms with Crippen molar-refractivity contribution in [1.29, 1.82) is 0 Å². The maximum Gasteiger partial charge on any atom is 0.161 e. The molecule has 0 heterocycles. The van der Waals surface area contributed by atoms with Crippen LogP contribution in [0, 0.1) is 13.8 Å². The maximum absolute atomic E-state index is 6.38. The molecular formula is C48H70O2. The van der Waals surface area contributed by atoms with Gasteiger partial charge in [0.1, 0.15) is 0 Å². The molecule has 0 fully saturated rings. The van der Waals surface area contributed by atoms with Crippen LogP contribution in [0.3, 0.4) is 0 Å². The van der Waals surface area contributed by atoms with Crippen molar-refractivity contribution in [2.75, 3.05) is 13.2 Å². The first kappa shape index (κ1) is 41.2. The zero-order chi connectivity index (χ0) is 35.5. The molecule has 0 bridgehead atoms. The standard InChI is InChI=1S/C48H70O2/c1-5-7-9-11-13-15-17-19-21-23-37-49-47-36-35-46(40-48(47)50-38-24-22-20-18-16-14-12-10-8-6-2)34-32-44-29-27-43(28-30-44)31-33-45-26-25-41(3)42(4)39-45/h25-36,39-40H,5-24,37-38H2,1-4H3. The average molecular weight is 679 g/mol. The summed E-state index contributed by atoms with van der Waals surface area (Å²) in [6.07, 6.45) is 35.3. The van der Waals surface area contributed by atoms with E-state index in [-0.39, 0.29) is 0 Å². The van der Waals surface area contributed by atoms with E-state index in [9.17, 15) is 0 Å². The highest BCUT2D eigenvalue weighted by Crippen LogP contribution is 2.30. The number of rotatable bonds is 28. The van der Waals surface area contributed by atoms with Gasteiger partial charge in [0.25, 0.3) is 0 Å². The number of aryl methyl sites for hydroxylation is 2. The van der Waals surface area contributed by atoms with Crippen LogP contribution < -0.4 is 9.47 Å². The van der Waals surface area contributed by atoms with Crippen molar-refractivity contribution in [1.82, 2.24) is 0 Å². The molecule has 0 aliphatic heterocycles. The molecule has 3 rings (SSSR count). The molecule has 0 saturated heterocycles. The molecule has 0 N–H and O–H groups in total. The van der Waals surface area contributed by atoms with Crippen LogP contribution in [0.15, 0.2) is 60.7 Å². The molecule has 0 aliphatic rings. The summed E-state index contributed by atoms with van der Waals surface area (Å²) in [6.45, 7) is 10.4. The van der Waals surface area contributed by atoms with Crippen LogP contribution in [-0.4, -0.2) is 13.2 Å². The van der Waals surface area contributed by atoms with Gasteiger partial charge in [0.2, 0.25) is 0 Å². The molecule has 2 heteroatoms. The van der Waals surface area contributed by atoms with Crippen molar-refractivity contribution in [2.45, 2.75) is 156 Å². The number of benzene rings is 3. The Hall–Kier alpha value is -3.26. The average Bonchev–Trinajstić information content (AvgIpc) is 3.13. The quantitative estimate of drug-likeness (QED) is 0.0562. The van der Waals surface area contributed by atoms with E-state index in [1.54, 1.807) is 0 Å². The number of unbranched alkanes of at least 4 members (excludes halogenated alkanes) is 18. The van der Waals surface area contributed by atoms with E-state index in [1.165, 1.54) is 143 Å². The van der Waals surface area contributed by atoms with Crippen molar-refractivity contribution in [3.05, 3.63) is 94.0 Å². The second-order valence-electron chi connectivity index (χ2n) is 14.4. The van der Waals surface area contributed by atoms with Gasteiger partial charge in [0, 0.05) is 0 Å². The third-order valence-corrected chi connectivity index (χ3v) is 9.88. The molecule has 0 saturated carbocycles. The SMILES string of the molecule is CCCCCCCCCCCCOc1ccc(C=Cc2ccc(C=Cc3ccc(C)c(C)c3)cc2)cc1OCCCCCCCCCCCC. The van der Waals surface area contributed by atoms with E-state index < -0.39 is 0 Å². The van der Waals surface area contributed by atoms with Gasteiger partial charge in [0.05, 0.1) is 13.2 Å².